The molecule has 0 radical (unpaired) electrons. The first-order valence-corrected chi connectivity index (χ1v) is 6.98. The van der Waals surface area contributed by atoms with Gasteiger partial charge in [-0.2, -0.15) is 0 Å². The van der Waals surface area contributed by atoms with Crippen molar-refractivity contribution in [1.82, 2.24) is 0 Å². The Bertz CT molecular complexity index is 822. The van der Waals surface area contributed by atoms with Crippen LogP contribution in [-0.2, 0) is 0 Å². The molecule has 1 heterocycles. The number of benzene rings is 2. The number of nitrogens with one attached hydrogen (secondary N) is 1. The van der Waals surface area contributed by atoms with Gasteiger partial charge < -0.3 is 9.73 Å². The first kappa shape index (κ1) is 12.9. The summed E-state index contributed by atoms with van der Waals surface area (Å²) in [5.41, 5.74) is 2.44. The second-order valence-electron chi connectivity index (χ2n) is 4.44. The van der Waals surface area contributed by atoms with Gasteiger partial charge in [0, 0.05) is 28.8 Å². The smallest absolute Gasteiger partial charge is 0.193 e. The highest BCUT2D eigenvalue weighted by Crippen LogP contribution is 2.25. The van der Waals surface area contributed by atoms with Crippen LogP contribution in [0.3, 0.4) is 0 Å². The molecule has 0 saturated carbocycles. The van der Waals surface area contributed by atoms with E-state index < -0.39 is 0 Å². The van der Waals surface area contributed by atoms with Crippen molar-refractivity contribution in [3.8, 4) is 11.3 Å². The summed E-state index contributed by atoms with van der Waals surface area (Å²) in [6.45, 7) is 0. The van der Waals surface area contributed by atoms with E-state index in [-0.39, 0.29) is 5.43 Å². The van der Waals surface area contributed by atoms with Gasteiger partial charge in [-0.05, 0) is 42.5 Å². The fourth-order valence-electron chi connectivity index (χ4n) is 2.07. The highest BCUT2D eigenvalue weighted by molar-refractivity contribution is 9.10. The van der Waals surface area contributed by atoms with Crippen LogP contribution in [0, 0.1) is 0 Å². The molecule has 2 aromatic carbocycles. The second-order valence-corrected chi connectivity index (χ2v) is 5.36. The Kier molecular flexibility index (Phi) is 3.32. The summed E-state index contributed by atoms with van der Waals surface area (Å²) in [6.07, 6.45) is 0. The molecule has 100 valence electrons. The first-order chi connectivity index (χ1) is 9.67. The lowest BCUT2D eigenvalue weighted by atomic mass is 10.1. The summed E-state index contributed by atoms with van der Waals surface area (Å²) < 4.78 is 6.68. The average molecular weight is 330 g/mol. The third kappa shape index (κ3) is 2.34. The Morgan fingerprint density at radius 2 is 1.80 bits per heavy atom. The van der Waals surface area contributed by atoms with E-state index in [1.54, 1.807) is 12.1 Å². The molecular weight excluding hydrogens is 318 g/mol. The number of hydrogen-bond donors (Lipinski definition) is 1. The Labute approximate surface area is 124 Å². The van der Waals surface area contributed by atoms with Gasteiger partial charge in [-0.15, -0.1) is 0 Å². The summed E-state index contributed by atoms with van der Waals surface area (Å²) in [7, 11) is 1.86. The lowest BCUT2D eigenvalue weighted by molar-refractivity contribution is 0.619. The van der Waals surface area contributed by atoms with Crippen molar-refractivity contribution in [2.24, 2.45) is 0 Å². The van der Waals surface area contributed by atoms with Crippen LogP contribution >= 0.6 is 15.9 Å². The third-order valence-corrected chi connectivity index (χ3v) is 3.64. The van der Waals surface area contributed by atoms with Crippen LogP contribution in [0.2, 0.25) is 0 Å². The molecule has 4 heteroatoms. The van der Waals surface area contributed by atoms with Crippen LogP contribution in [0.25, 0.3) is 22.3 Å². The fourth-order valence-corrected chi connectivity index (χ4v) is 2.43. The predicted octanol–water partition coefficient (Wildman–Crippen LogP) is 4.26. The summed E-state index contributed by atoms with van der Waals surface area (Å²) in [4.78, 5) is 12.2. The van der Waals surface area contributed by atoms with E-state index in [0.717, 1.165) is 15.7 Å². The molecule has 0 atom stereocenters. The maximum absolute atomic E-state index is 12.2. The predicted molar refractivity (Wildman–Crippen MR) is 85.2 cm³/mol. The van der Waals surface area contributed by atoms with Crippen LogP contribution < -0.4 is 10.7 Å². The van der Waals surface area contributed by atoms with Gasteiger partial charge in [-0.3, -0.25) is 4.79 Å². The van der Waals surface area contributed by atoms with Gasteiger partial charge >= 0.3 is 0 Å². The van der Waals surface area contributed by atoms with E-state index in [1.165, 1.54) is 6.07 Å². The number of fused-ring (bicyclic) bond motifs is 1. The zero-order valence-corrected chi connectivity index (χ0v) is 12.4. The van der Waals surface area contributed by atoms with Crippen molar-refractivity contribution in [2.75, 3.05) is 12.4 Å². The maximum atomic E-state index is 12.2. The molecule has 0 saturated heterocycles. The molecule has 0 aliphatic rings. The lowest BCUT2D eigenvalue weighted by Crippen LogP contribution is -2.00. The quantitative estimate of drug-likeness (QED) is 0.763. The van der Waals surface area contributed by atoms with E-state index in [4.69, 9.17) is 4.42 Å². The molecule has 3 rings (SSSR count). The topological polar surface area (TPSA) is 42.2 Å². The van der Waals surface area contributed by atoms with E-state index in [0.29, 0.717) is 16.7 Å². The van der Waals surface area contributed by atoms with Crippen molar-refractivity contribution in [1.29, 1.82) is 0 Å². The number of anilines is 1. The molecule has 1 aromatic heterocycles. The Morgan fingerprint density at radius 1 is 1.05 bits per heavy atom. The van der Waals surface area contributed by atoms with E-state index >= 15 is 0 Å². The molecule has 0 bridgehead atoms. The molecule has 0 spiro atoms. The normalized spacial score (nSPS) is 10.7. The zero-order valence-electron chi connectivity index (χ0n) is 10.8. The minimum absolute atomic E-state index is 0.0414. The van der Waals surface area contributed by atoms with Crippen LogP contribution in [0.4, 0.5) is 5.69 Å². The Balaban J connectivity index is 2.16. The first-order valence-electron chi connectivity index (χ1n) is 6.19. The summed E-state index contributed by atoms with van der Waals surface area (Å²) in [6, 6.07) is 14.7. The molecule has 0 amide bonds. The van der Waals surface area contributed by atoms with Gasteiger partial charge in [0.05, 0.1) is 5.39 Å². The second kappa shape index (κ2) is 5.13. The monoisotopic (exact) mass is 329 g/mol. The Morgan fingerprint density at radius 3 is 2.50 bits per heavy atom. The highest BCUT2D eigenvalue weighted by atomic mass is 79.9. The van der Waals surface area contributed by atoms with Gasteiger partial charge in [-0.1, -0.05) is 15.9 Å². The molecule has 0 aliphatic carbocycles. The largest absolute Gasteiger partial charge is 0.456 e. The van der Waals surface area contributed by atoms with Gasteiger partial charge in [0.2, 0.25) is 0 Å². The minimum atomic E-state index is -0.0414. The molecule has 0 fully saturated rings. The van der Waals surface area contributed by atoms with E-state index in [1.807, 2.05) is 37.4 Å². The van der Waals surface area contributed by atoms with Crippen LogP contribution in [0.15, 0.2) is 62.2 Å². The van der Waals surface area contributed by atoms with Crippen LogP contribution in [-0.4, -0.2) is 7.05 Å². The van der Waals surface area contributed by atoms with E-state index in [2.05, 4.69) is 21.2 Å². The summed E-state index contributed by atoms with van der Waals surface area (Å²) in [5.74, 6) is 0.576. The van der Waals surface area contributed by atoms with Crippen molar-refractivity contribution in [3.63, 3.8) is 0 Å². The maximum Gasteiger partial charge on any atom is 0.193 e. The molecule has 0 unspecified atom stereocenters. The summed E-state index contributed by atoms with van der Waals surface area (Å²) >= 11 is 3.36. The minimum Gasteiger partial charge on any atom is -0.456 e. The standard InChI is InChI=1S/C16H12BrNO2/c1-18-12-5-2-10(3-6-12)16-9-14(19)13-8-11(17)4-7-15(13)20-16/h2-9,18H,1H3. The molecule has 3 nitrogen and oxygen atoms in total. The molecule has 20 heavy (non-hydrogen) atoms. The molecule has 3 aromatic rings. The van der Waals surface area contributed by atoms with Crippen LogP contribution in [0.5, 0.6) is 0 Å². The van der Waals surface area contributed by atoms with Crippen molar-refractivity contribution in [3.05, 3.63) is 63.2 Å². The lowest BCUT2D eigenvalue weighted by Gasteiger charge is -2.05. The third-order valence-electron chi connectivity index (χ3n) is 3.15. The van der Waals surface area contributed by atoms with Gasteiger partial charge in [0.25, 0.3) is 0 Å². The van der Waals surface area contributed by atoms with Gasteiger partial charge in [0.15, 0.2) is 5.43 Å². The number of hydrogen-bond acceptors (Lipinski definition) is 3. The summed E-state index contributed by atoms with van der Waals surface area (Å²) in [5, 5.41) is 3.63. The Hall–Kier alpha value is -2.07. The molecule has 1 N–H and O–H groups in total. The van der Waals surface area contributed by atoms with Crippen molar-refractivity contribution < 1.29 is 4.42 Å². The number of rotatable bonds is 2. The van der Waals surface area contributed by atoms with Crippen LogP contribution in [0.1, 0.15) is 0 Å². The number of halogens is 1. The van der Waals surface area contributed by atoms with Crippen molar-refractivity contribution in [2.45, 2.75) is 0 Å². The molecular formula is C16H12BrNO2. The SMILES string of the molecule is CNc1ccc(-c2cc(=O)c3cc(Br)ccc3o2)cc1. The van der Waals surface area contributed by atoms with E-state index in [9.17, 15) is 4.79 Å². The fraction of sp³-hybridized carbons (Fsp3) is 0.0625. The molecule has 0 aliphatic heterocycles. The highest BCUT2D eigenvalue weighted by Gasteiger charge is 2.07. The average Bonchev–Trinajstić information content (AvgIpc) is 2.48. The van der Waals surface area contributed by atoms with Gasteiger partial charge in [0.1, 0.15) is 11.3 Å². The van der Waals surface area contributed by atoms with Gasteiger partial charge in [-0.25, -0.2) is 0 Å². The zero-order chi connectivity index (χ0) is 14.1. The van der Waals surface area contributed by atoms with Crippen molar-refractivity contribution >= 4 is 32.6 Å².